The topological polar surface area (TPSA) is 90.4 Å². The van der Waals surface area contributed by atoms with Crippen LogP contribution in [0.1, 0.15) is 30.0 Å². The van der Waals surface area contributed by atoms with Crippen LogP contribution in [-0.2, 0) is 30.6 Å². The number of aromatic nitrogens is 2. The maximum Gasteiger partial charge on any atom is 0.303 e. The second-order valence-electron chi connectivity index (χ2n) is 8.61. The van der Waals surface area contributed by atoms with Gasteiger partial charge in [-0.2, -0.15) is 5.10 Å². The highest BCUT2D eigenvalue weighted by molar-refractivity contribution is 5.88. The number of hydrogen-bond acceptors (Lipinski definition) is 4. The van der Waals surface area contributed by atoms with Crippen molar-refractivity contribution in [3.05, 3.63) is 77.5 Å². The van der Waals surface area contributed by atoms with Gasteiger partial charge < -0.3 is 15.6 Å². The van der Waals surface area contributed by atoms with E-state index in [2.05, 4.69) is 54.5 Å². The summed E-state index contributed by atoms with van der Waals surface area (Å²) in [6.45, 7) is 2.87. The van der Waals surface area contributed by atoms with Crippen molar-refractivity contribution in [3.63, 3.8) is 0 Å². The van der Waals surface area contributed by atoms with Gasteiger partial charge in [0, 0.05) is 36.8 Å². The molecule has 4 aromatic rings. The minimum Gasteiger partial charge on any atom is -0.487 e. The Balaban J connectivity index is 1.54. The molecular weight excluding hydrogens is 414 g/mol. The number of hydrogen-bond donors (Lipinski definition) is 2. The van der Waals surface area contributed by atoms with Gasteiger partial charge in [0.1, 0.15) is 11.9 Å². The molecule has 0 radical (unpaired) electrons. The average Bonchev–Trinajstić information content (AvgIpc) is 3.41. The van der Waals surface area contributed by atoms with Crippen molar-refractivity contribution in [2.24, 2.45) is 0 Å². The maximum absolute atomic E-state index is 11.1. The summed E-state index contributed by atoms with van der Waals surface area (Å²) in [5.41, 5.74) is 13.5. The molecule has 5 rings (SSSR count). The smallest absolute Gasteiger partial charge is 0.303 e. The van der Waals surface area contributed by atoms with E-state index in [4.69, 9.17) is 15.6 Å². The summed E-state index contributed by atoms with van der Waals surface area (Å²) in [6.07, 6.45) is 4.04. The van der Waals surface area contributed by atoms with Crippen LogP contribution in [-0.4, -0.2) is 27.0 Å². The number of anilines is 1. The second kappa shape index (κ2) is 8.62. The van der Waals surface area contributed by atoms with Crippen molar-refractivity contribution >= 4 is 22.6 Å². The first-order valence-corrected chi connectivity index (χ1v) is 11.4. The summed E-state index contributed by atoms with van der Waals surface area (Å²) in [7, 11) is 0. The zero-order valence-corrected chi connectivity index (χ0v) is 18.6. The number of nitrogens with two attached hydrogens (primary N) is 1. The Labute approximate surface area is 192 Å². The second-order valence-corrected chi connectivity index (χ2v) is 8.61. The highest BCUT2D eigenvalue weighted by atomic mass is 16.5. The molecule has 0 amide bonds. The predicted molar refractivity (Wildman–Crippen MR) is 129 cm³/mol. The van der Waals surface area contributed by atoms with E-state index in [0.717, 1.165) is 47.0 Å². The van der Waals surface area contributed by atoms with Crippen molar-refractivity contribution in [3.8, 4) is 16.9 Å². The van der Waals surface area contributed by atoms with Crippen LogP contribution in [0.3, 0.4) is 0 Å². The van der Waals surface area contributed by atoms with Crippen LogP contribution in [0.15, 0.2) is 60.8 Å². The van der Waals surface area contributed by atoms with Gasteiger partial charge in [-0.1, -0.05) is 30.3 Å². The van der Waals surface area contributed by atoms with Crippen molar-refractivity contribution in [1.29, 1.82) is 0 Å². The summed E-state index contributed by atoms with van der Waals surface area (Å²) < 4.78 is 8.49. The van der Waals surface area contributed by atoms with E-state index < -0.39 is 5.97 Å². The summed E-state index contributed by atoms with van der Waals surface area (Å²) in [6, 6.07) is 18.5. The van der Waals surface area contributed by atoms with Crippen LogP contribution >= 0.6 is 0 Å². The van der Waals surface area contributed by atoms with Crippen molar-refractivity contribution in [2.75, 3.05) is 5.73 Å². The SMILES string of the molecule is CCn1ncc2cc(-c3cc(CCC(=O)O)cc(N)c3OC3Cc4ccccc4C3)ccc21. The molecule has 6 heteroatoms. The molecule has 1 aliphatic carbocycles. The Kier molecular flexibility index (Phi) is 5.50. The molecule has 0 unspecified atom stereocenters. The van der Waals surface area contributed by atoms with Gasteiger partial charge in [-0.3, -0.25) is 9.48 Å². The third kappa shape index (κ3) is 4.16. The number of nitrogens with zero attached hydrogens (tertiary/aromatic N) is 2. The lowest BCUT2D eigenvalue weighted by Crippen LogP contribution is -2.18. The molecule has 0 saturated heterocycles. The van der Waals surface area contributed by atoms with Crippen LogP contribution < -0.4 is 10.5 Å². The zero-order chi connectivity index (χ0) is 22.9. The number of rotatable bonds is 7. The van der Waals surface area contributed by atoms with E-state index in [-0.39, 0.29) is 12.5 Å². The van der Waals surface area contributed by atoms with Gasteiger partial charge in [-0.05, 0) is 59.9 Å². The van der Waals surface area contributed by atoms with Crippen LogP contribution in [0, 0.1) is 0 Å². The van der Waals surface area contributed by atoms with Crippen LogP contribution in [0.4, 0.5) is 5.69 Å². The molecular formula is C27H27N3O3. The Hall–Kier alpha value is -3.80. The van der Waals surface area contributed by atoms with Crippen molar-refractivity contribution < 1.29 is 14.6 Å². The molecule has 0 bridgehead atoms. The Morgan fingerprint density at radius 1 is 1.15 bits per heavy atom. The van der Waals surface area contributed by atoms with E-state index in [9.17, 15) is 4.79 Å². The summed E-state index contributed by atoms with van der Waals surface area (Å²) in [5, 5.41) is 14.6. The molecule has 3 aromatic carbocycles. The molecule has 33 heavy (non-hydrogen) atoms. The first kappa shape index (κ1) is 21.1. The molecule has 1 aromatic heterocycles. The Morgan fingerprint density at radius 2 is 1.91 bits per heavy atom. The molecule has 6 nitrogen and oxygen atoms in total. The summed E-state index contributed by atoms with van der Waals surface area (Å²) >= 11 is 0. The van der Waals surface area contributed by atoms with Gasteiger partial charge in [0.05, 0.1) is 17.4 Å². The lowest BCUT2D eigenvalue weighted by Gasteiger charge is -2.20. The Morgan fingerprint density at radius 3 is 2.61 bits per heavy atom. The van der Waals surface area contributed by atoms with E-state index >= 15 is 0 Å². The molecule has 0 saturated carbocycles. The van der Waals surface area contributed by atoms with Gasteiger partial charge in [0.2, 0.25) is 0 Å². The molecule has 0 atom stereocenters. The van der Waals surface area contributed by atoms with E-state index in [1.165, 1.54) is 11.1 Å². The number of aryl methyl sites for hydroxylation is 2. The fourth-order valence-corrected chi connectivity index (χ4v) is 4.73. The predicted octanol–water partition coefficient (Wildman–Crippen LogP) is 4.87. The first-order valence-electron chi connectivity index (χ1n) is 11.4. The zero-order valence-electron chi connectivity index (χ0n) is 18.6. The number of carboxylic acids is 1. The third-order valence-corrected chi connectivity index (χ3v) is 6.36. The first-order chi connectivity index (χ1) is 16.0. The van der Waals surface area contributed by atoms with Gasteiger partial charge in [0.25, 0.3) is 0 Å². The van der Waals surface area contributed by atoms with E-state index in [0.29, 0.717) is 17.9 Å². The largest absolute Gasteiger partial charge is 0.487 e. The van der Waals surface area contributed by atoms with Crippen LogP contribution in [0.2, 0.25) is 0 Å². The minimum atomic E-state index is -0.826. The number of aliphatic carboxylic acids is 1. The third-order valence-electron chi connectivity index (χ3n) is 6.36. The number of ether oxygens (including phenoxy) is 1. The van der Waals surface area contributed by atoms with Gasteiger partial charge in [-0.25, -0.2) is 0 Å². The van der Waals surface area contributed by atoms with Gasteiger partial charge in [0.15, 0.2) is 0 Å². The average molecular weight is 442 g/mol. The normalized spacial score (nSPS) is 13.4. The number of carbonyl (C=O) groups is 1. The number of fused-ring (bicyclic) bond motifs is 2. The molecule has 1 aliphatic rings. The number of carboxylic acid groups (broad SMARTS) is 1. The van der Waals surface area contributed by atoms with Gasteiger partial charge >= 0.3 is 5.97 Å². The van der Waals surface area contributed by atoms with Gasteiger partial charge in [-0.15, -0.1) is 0 Å². The highest BCUT2D eigenvalue weighted by Gasteiger charge is 2.25. The molecule has 0 spiro atoms. The lowest BCUT2D eigenvalue weighted by molar-refractivity contribution is -0.136. The summed E-state index contributed by atoms with van der Waals surface area (Å²) in [4.78, 5) is 11.1. The monoisotopic (exact) mass is 441 g/mol. The summed E-state index contributed by atoms with van der Waals surface area (Å²) in [5.74, 6) is -0.165. The van der Waals surface area contributed by atoms with Crippen LogP contribution in [0.5, 0.6) is 5.75 Å². The van der Waals surface area contributed by atoms with E-state index in [1.54, 1.807) is 0 Å². The fraction of sp³-hybridized carbons (Fsp3) is 0.259. The van der Waals surface area contributed by atoms with Crippen molar-refractivity contribution in [2.45, 2.75) is 45.3 Å². The standard InChI is InChI=1S/C27H27N3O3/c1-2-30-25-9-8-20(13-21(25)16-29-30)23-11-17(7-10-26(31)32)12-24(28)27(23)33-22-14-18-5-3-4-6-19(18)15-22/h3-6,8-9,11-13,16,22H,2,7,10,14-15,28H2,1H3,(H,31,32). The number of nitrogen functional groups attached to an aromatic ring is 1. The molecule has 3 N–H and O–H groups in total. The lowest BCUT2D eigenvalue weighted by atomic mass is 9.97. The van der Waals surface area contributed by atoms with Crippen molar-refractivity contribution in [1.82, 2.24) is 9.78 Å². The quantitative estimate of drug-likeness (QED) is 0.399. The number of benzene rings is 3. The minimum absolute atomic E-state index is 0.0138. The van der Waals surface area contributed by atoms with E-state index in [1.807, 2.05) is 23.0 Å². The maximum atomic E-state index is 11.1. The molecule has 168 valence electrons. The fourth-order valence-electron chi connectivity index (χ4n) is 4.73. The highest BCUT2D eigenvalue weighted by Crippen LogP contribution is 2.40. The van der Waals surface area contributed by atoms with Crippen LogP contribution in [0.25, 0.3) is 22.0 Å². The molecule has 1 heterocycles. The molecule has 0 aliphatic heterocycles. The molecule has 0 fully saturated rings. The Bertz CT molecular complexity index is 1320.